The highest BCUT2D eigenvalue weighted by molar-refractivity contribution is 6.00. The van der Waals surface area contributed by atoms with E-state index in [4.69, 9.17) is 4.74 Å². The van der Waals surface area contributed by atoms with Gasteiger partial charge in [-0.05, 0) is 63.0 Å². The minimum atomic E-state index is 0.173. The highest BCUT2D eigenvalue weighted by Crippen LogP contribution is 2.24. The van der Waals surface area contributed by atoms with Crippen LogP contribution >= 0.6 is 0 Å². The zero-order valence-corrected chi connectivity index (χ0v) is 12.9. The van der Waals surface area contributed by atoms with Crippen molar-refractivity contribution in [1.82, 2.24) is 4.90 Å². The molecule has 1 saturated heterocycles. The number of ketones is 1. The maximum Gasteiger partial charge on any atom is 0.180 e. The number of rotatable bonds is 4. The Labute approximate surface area is 121 Å². The molecule has 1 aromatic rings. The van der Waals surface area contributed by atoms with Crippen molar-refractivity contribution in [3.8, 4) is 5.75 Å². The summed E-state index contributed by atoms with van der Waals surface area (Å²) in [6, 6.07) is 3.93. The largest absolute Gasteiger partial charge is 0.496 e. The zero-order chi connectivity index (χ0) is 14.5. The molecule has 0 spiro atoms. The van der Waals surface area contributed by atoms with E-state index in [1.165, 1.54) is 25.7 Å². The summed E-state index contributed by atoms with van der Waals surface area (Å²) in [4.78, 5) is 14.8. The molecule has 1 aliphatic heterocycles. The van der Waals surface area contributed by atoms with Gasteiger partial charge in [0, 0.05) is 0 Å². The van der Waals surface area contributed by atoms with Crippen LogP contribution in [0.1, 0.15) is 47.2 Å². The molecule has 1 fully saturated rings. The lowest BCUT2D eigenvalue weighted by Gasteiger charge is -2.19. The molecule has 0 saturated carbocycles. The molecule has 0 N–H and O–H groups in total. The molecule has 110 valence electrons. The third-order valence-electron chi connectivity index (χ3n) is 4.18. The first kappa shape index (κ1) is 15.0. The first-order chi connectivity index (χ1) is 9.61. The van der Waals surface area contributed by atoms with Gasteiger partial charge in [0.15, 0.2) is 5.78 Å². The van der Waals surface area contributed by atoms with E-state index in [9.17, 15) is 4.79 Å². The van der Waals surface area contributed by atoms with Crippen LogP contribution in [-0.2, 0) is 0 Å². The Bertz CT molecular complexity index is 474. The van der Waals surface area contributed by atoms with Gasteiger partial charge in [-0.15, -0.1) is 0 Å². The molecule has 1 aromatic carbocycles. The van der Waals surface area contributed by atoms with E-state index >= 15 is 0 Å². The summed E-state index contributed by atoms with van der Waals surface area (Å²) in [5.74, 6) is 0.875. The molecule has 0 bridgehead atoms. The van der Waals surface area contributed by atoms with Crippen LogP contribution in [0, 0.1) is 13.8 Å². The Balaban J connectivity index is 2.13. The number of likely N-dealkylation sites (tertiary alicyclic amines) is 1. The van der Waals surface area contributed by atoms with E-state index in [1.54, 1.807) is 7.11 Å². The van der Waals surface area contributed by atoms with Gasteiger partial charge >= 0.3 is 0 Å². The molecule has 0 aromatic heterocycles. The lowest BCUT2D eigenvalue weighted by Crippen LogP contribution is -2.31. The van der Waals surface area contributed by atoms with Gasteiger partial charge < -0.3 is 4.74 Å². The first-order valence-electron chi connectivity index (χ1n) is 7.52. The van der Waals surface area contributed by atoms with E-state index in [2.05, 4.69) is 4.90 Å². The second-order valence-electron chi connectivity index (χ2n) is 5.75. The normalized spacial score (nSPS) is 16.8. The molecule has 0 atom stereocenters. The van der Waals surface area contributed by atoms with Crippen molar-refractivity contribution < 1.29 is 9.53 Å². The van der Waals surface area contributed by atoms with E-state index in [1.807, 2.05) is 26.0 Å². The lowest BCUT2D eigenvalue weighted by molar-refractivity contribution is 0.0930. The molecule has 20 heavy (non-hydrogen) atoms. The maximum atomic E-state index is 12.5. The molecule has 3 nitrogen and oxygen atoms in total. The fourth-order valence-electron chi connectivity index (χ4n) is 2.76. The first-order valence-corrected chi connectivity index (χ1v) is 7.52. The summed E-state index contributed by atoms with van der Waals surface area (Å²) in [5, 5.41) is 0. The van der Waals surface area contributed by atoms with Crippen LogP contribution in [0.25, 0.3) is 0 Å². The highest BCUT2D eigenvalue weighted by Gasteiger charge is 2.18. The molecular formula is C17H25NO2. The van der Waals surface area contributed by atoms with Crippen molar-refractivity contribution in [2.45, 2.75) is 39.5 Å². The number of aryl methyl sites for hydroxylation is 2. The molecule has 1 aliphatic rings. The third kappa shape index (κ3) is 3.60. The average molecular weight is 275 g/mol. The predicted molar refractivity (Wildman–Crippen MR) is 81.7 cm³/mol. The smallest absolute Gasteiger partial charge is 0.180 e. The number of carbonyl (C=O) groups excluding carboxylic acids is 1. The van der Waals surface area contributed by atoms with E-state index in [-0.39, 0.29) is 5.78 Å². The van der Waals surface area contributed by atoms with Gasteiger partial charge in [-0.1, -0.05) is 12.8 Å². The van der Waals surface area contributed by atoms with Gasteiger partial charge in [0.2, 0.25) is 0 Å². The second-order valence-corrected chi connectivity index (χ2v) is 5.75. The summed E-state index contributed by atoms with van der Waals surface area (Å²) < 4.78 is 5.38. The number of methoxy groups -OCH3 is 1. The Morgan fingerprint density at radius 3 is 2.30 bits per heavy atom. The van der Waals surface area contributed by atoms with Gasteiger partial charge in [-0.2, -0.15) is 0 Å². The minimum absolute atomic E-state index is 0.173. The van der Waals surface area contributed by atoms with Gasteiger partial charge in [-0.3, -0.25) is 9.69 Å². The highest BCUT2D eigenvalue weighted by atomic mass is 16.5. The van der Waals surface area contributed by atoms with Crippen LogP contribution in [0.2, 0.25) is 0 Å². The number of hydrogen-bond acceptors (Lipinski definition) is 3. The number of Topliss-reactive ketones (excluding diaryl/α,β-unsaturated/α-hetero) is 1. The van der Waals surface area contributed by atoms with Crippen molar-refractivity contribution in [3.63, 3.8) is 0 Å². The van der Waals surface area contributed by atoms with E-state index < -0.39 is 0 Å². The zero-order valence-electron chi connectivity index (χ0n) is 12.9. The summed E-state index contributed by atoms with van der Waals surface area (Å²) >= 11 is 0. The summed E-state index contributed by atoms with van der Waals surface area (Å²) in [5.41, 5.74) is 3.03. The van der Waals surface area contributed by atoms with Crippen LogP contribution in [-0.4, -0.2) is 37.4 Å². The van der Waals surface area contributed by atoms with Crippen molar-refractivity contribution in [3.05, 3.63) is 28.8 Å². The van der Waals surface area contributed by atoms with Crippen LogP contribution < -0.4 is 4.74 Å². The van der Waals surface area contributed by atoms with Crippen molar-refractivity contribution >= 4 is 5.78 Å². The van der Waals surface area contributed by atoms with Crippen LogP contribution in [0.3, 0.4) is 0 Å². The lowest BCUT2D eigenvalue weighted by atomic mass is 10.0. The molecule has 0 amide bonds. The molecule has 3 heteroatoms. The Hall–Kier alpha value is -1.35. The second kappa shape index (κ2) is 6.89. The fourth-order valence-corrected chi connectivity index (χ4v) is 2.76. The summed E-state index contributed by atoms with van der Waals surface area (Å²) in [6.45, 7) is 6.68. The Morgan fingerprint density at radius 2 is 1.70 bits per heavy atom. The van der Waals surface area contributed by atoms with Crippen molar-refractivity contribution in [1.29, 1.82) is 0 Å². The molecular weight excluding hydrogens is 250 g/mol. The van der Waals surface area contributed by atoms with Gasteiger partial charge in [-0.25, -0.2) is 0 Å². The van der Waals surface area contributed by atoms with Gasteiger partial charge in [0.25, 0.3) is 0 Å². The van der Waals surface area contributed by atoms with Crippen LogP contribution in [0.15, 0.2) is 12.1 Å². The molecule has 0 unspecified atom stereocenters. The predicted octanol–water partition coefficient (Wildman–Crippen LogP) is 3.37. The average Bonchev–Trinajstić information content (AvgIpc) is 2.69. The molecule has 0 radical (unpaired) electrons. The maximum absolute atomic E-state index is 12.5. The third-order valence-corrected chi connectivity index (χ3v) is 4.18. The van der Waals surface area contributed by atoms with Crippen molar-refractivity contribution in [2.24, 2.45) is 0 Å². The van der Waals surface area contributed by atoms with E-state index in [0.29, 0.717) is 12.3 Å². The summed E-state index contributed by atoms with van der Waals surface area (Å²) in [7, 11) is 1.63. The molecule has 2 rings (SSSR count). The number of carbonyl (C=O) groups is 1. The quantitative estimate of drug-likeness (QED) is 0.789. The fraction of sp³-hybridized carbons (Fsp3) is 0.588. The topological polar surface area (TPSA) is 29.5 Å². The Morgan fingerprint density at radius 1 is 1.10 bits per heavy atom. The van der Waals surface area contributed by atoms with E-state index in [0.717, 1.165) is 29.8 Å². The van der Waals surface area contributed by atoms with Gasteiger partial charge in [0.05, 0.1) is 19.2 Å². The SMILES string of the molecule is COc1cc(C)c(C)cc1C(=O)CN1CCCCCC1. The van der Waals surface area contributed by atoms with Crippen LogP contribution in [0.4, 0.5) is 0 Å². The van der Waals surface area contributed by atoms with Gasteiger partial charge in [0.1, 0.15) is 5.75 Å². The number of hydrogen-bond donors (Lipinski definition) is 0. The summed E-state index contributed by atoms with van der Waals surface area (Å²) in [6.07, 6.45) is 4.99. The monoisotopic (exact) mass is 275 g/mol. The van der Waals surface area contributed by atoms with Crippen LogP contribution in [0.5, 0.6) is 5.75 Å². The minimum Gasteiger partial charge on any atom is -0.496 e. The number of benzene rings is 1. The molecule has 1 heterocycles. The molecule has 0 aliphatic carbocycles. The standard InChI is InChI=1S/C17H25NO2/c1-13-10-15(17(20-3)11-14(13)2)16(19)12-18-8-6-4-5-7-9-18/h10-11H,4-9,12H2,1-3H3. The number of nitrogens with zero attached hydrogens (tertiary/aromatic N) is 1. The Kier molecular flexibility index (Phi) is 5.18. The number of ether oxygens (including phenoxy) is 1. The van der Waals surface area contributed by atoms with Crippen molar-refractivity contribution in [2.75, 3.05) is 26.7 Å².